The highest BCUT2D eigenvalue weighted by molar-refractivity contribution is 4.66. The molecule has 0 aromatic rings. The number of rotatable bonds is 4. The Morgan fingerprint density at radius 3 is 2.33 bits per heavy atom. The second-order valence-corrected chi connectivity index (χ2v) is 3.09. The van der Waals surface area contributed by atoms with Crippen molar-refractivity contribution in [3.63, 3.8) is 0 Å². The fraction of sp³-hybridized carbons (Fsp3) is 0.778. The monoisotopic (exact) mass is 126 g/mol. The standard InChI is InChI=1S/C9H18/c1-5-6-9(4)7-8(2)3/h5,8-9H,2,6-7H2,1,3-4H3. The fourth-order valence-corrected chi connectivity index (χ4v) is 1.19. The zero-order valence-electron chi connectivity index (χ0n) is 6.85. The Balaban J connectivity index is 3.15. The van der Waals surface area contributed by atoms with E-state index in [1.165, 1.54) is 12.8 Å². The molecule has 0 heterocycles. The third-order valence-corrected chi connectivity index (χ3v) is 1.44. The Hall–Kier alpha value is 0. The quantitative estimate of drug-likeness (QED) is 0.543. The third-order valence-electron chi connectivity index (χ3n) is 1.44. The molecule has 0 amide bonds. The molecule has 2 atom stereocenters. The van der Waals surface area contributed by atoms with Crippen LogP contribution in [0.4, 0.5) is 0 Å². The summed E-state index contributed by atoms with van der Waals surface area (Å²) in [6, 6.07) is 0. The van der Waals surface area contributed by atoms with Crippen LogP contribution in [0.2, 0.25) is 0 Å². The van der Waals surface area contributed by atoms with E-state index in [0.717, 1.165) is 5.92 Å². The van der Waals surface area contributed by atoms with Gasteiger partial charge in [-0.25, -0.2) is 0 Å². The van der Waals surface area contributed by atoms with Crippen LogP contribution in [0.25, 0.3) is 0 Å². The van der Waals surface area contributed by atoms with Crippen LogP contribution in [0, 0.1) is 25.2 Å². The molecule has 2 unspecified atom stereocenters. The minimum atomic E-state index is 0.611. The maximum atomic E-state index is 3.95. The van der Waals surface area contributed by atoms with Crippen molar-refractivity contribution in [3.05, 3.63) is 13.3 Å². The molecule has 0 aromatic heterocycles. The molecule has 0 aromatic carbocycles. The first kappa shape index (κ1) is 9.00. The van der Waals surface area contributed by atoms with E-state index < -0.39 is 0 Å². The Labute approximate surface area is 59.7 Å². The van der Waals surface area contributed by atoms with Crippen LogP contribution in [-0.4, -0.2) is 0 Å². The second kappa shape index (κ2) is 4.84. The summed E-state index contributed by atoms with van der Waals surface area (Å²) in [7, 11) is 0. The molecule has 0 nitrogen and oxygen atoms in total. The van der Waals surface area contributed by atoms with Gasteiger partial charge in [-0.2, -0.15) is 0 Å². The second-order valence-electron chi connectivity index (χ2n) is 3.09. The highest BCUT2D eigenvalue weighted by Gasteiger charge is 2.02. The molecule has 9 heavy (non-hydrogen) atoms. The Kier molecular flexibility index (Phi) is 4.84. The first-order chi connectivity index (χ1) is 4.16. The summed E-state index contributed by atoms with van der Waals surface area (Å²) in [5.74, 6) is 1.43. The van der Waals surface area contributed by atoms with Gasteiger partial charge in [-0.05, 0) is 31.1 Å². The van der Waals surface area contributed by atoms with E-state index in [2.05, 4.69) is 34.1 Å². The van der Waals surface area contributed by atoms with Gasteiger partial charge in [-0.1, -0.05) is 27.7 Å². The zero-order chi connectivity index (χ0) is 7.28. The first-order valence-corrected chi connectivity index (χ1v) is 3.77. The van der Waals surface area contributed by atoms with E-state index >= 15 is 0 Å². The summed E-state index contributed by atoms with van der Waals surface area (Å²) < 4.78 is 0. The van der Waals surface area contributed by atoms with E-state index in [1.807, 2.05) is 0 Å². The van der Waals surface area contributed by atoms with Gasteiger partial charge in [0.1, 0.15) is 0 Å². The normalized spacial score (nSPS) is 14.3. The lowest BCUT2D eigenvalue weighted by Crippen LogP contribution is -1.99. The predicted octanol–water partition coefficient (Wildman–Crippen LogP) is 3.10. The maximum Gasteiger partial charge on any atom is -0.0414 e. The molecule has 2 radical (unpaired) electrons. The van der Waals surface area contributed by atoms with Crippen molar-refractivity contribution in [1.82, 2.24) is 0 Å². The molecule has 0 saturated carbocycles. The summed E-state index contributed by atoms with van der Waals surface area (Å²) in [6.45, 7) is 10.5. The van der Waals surface area contributed by atoms with Crippen LogP contribution in [0.15, 0.2) is 0 Å². The van der Waals surface area contributed by atoms with Gasteiger partial charge in [0.25, 0.3) is 0 Å². The predicted molar refractivity (Wildman–Crippen MR) is 42.9 cm³/mol. The molecule has 0 spiro atoms. The van der Waals surface area contributed by atoms with Crippen molar-refractivity contribution >= 4 is 0 Å². The molecule has 0 N–H and O–H groups in total. The van der Waals surface area contributed by atoms with Crippen molar-refractivity contribution in [3.8, 4) is 0 Å². The Morgan fingerprint density at radius 1 is 1.44 bits per heavy atom. The van der Waals surface area contributed by atoms with Crippen molar-refractivity contribution in [2.75, 3.05) is 0 Å². The summed E-state index contributed by atoms with van der Waals surface area (Å²) in [5, 5.41) is 0. The van der Waals surface area contributed by atoms with E-state index in [0.29, 0.717) is 5.92 Å². The summed E-state index contributed by atoms with van der Waals surface area (Å²) in [6.07, 6.45) is 4.72. The molecule has 0 fully saturated rings. The molecule has 0 rings (SSSR count). The SMILES string of the molecule is [CH2]C(C)CC(C)C[CH]C. The van der Waals surface area contributed by atoms with Crippen LogP contribution in [-0.2, 0) is 0 Å². The maximum absolute atomic E-state index is 3.95. The average Bonchev–Trinajstić information content (AvgIpc) is 1.63. The molecule has 0 saturated heterocycles. The van der Waals surface area contributed by atoms with Crippen LogP contribution in [0.5, 0.6) is 0 Å². The molecular formula is C9H18. The van der Waals surface area contributed by atoms with Crippen molar-refractivity contribution in [2.45, 2.75) is 33.6 Å². The average molecular weight is 126 g/mol. The van der Waals surface area contributed by atoms with E-state index in [4.69, 9.17) is 0 Å². The fourth-order valence-electron chi connectivity index (χ4n) is 1.19. The van der Waals surface area contributed by atoms with Gasteiger partial charge in [-0.15, -0.1) is 0 Å². The van der Waals surface area contributed by atoms with Gasteiger partial charge < -0.3 is 0 Å². The lowest BCUT2D eigenvalue weighted by Gasteiger charge is -2.11. The van der Waals surface area contributed by atoms with Crippen molar-refractivity contribution in [1.29, 1.82) is 0 Å². The molecule has 0 bridgehead atoms. The summed E-state index contributed by atoms with van der Waals surface area (Å²) in [4.78, 5) is 0. The van der Waals surface area contributed by atoms with Crippen LogP contribution < -0.4 is 0 Å². The van der Waals surface area contributed by atoms with Gasteiger partial charge in [0.05, 0.1) is 0 Å². The lowest BCUT2D eigenvalue weighted by atomic mass is 9.95. The topological polar surface area (TPSA) is 0 Å². The van der Waals surface area contributed by atoms with E-state index in [9.17, 15) is 0 Å². The Morgan fingerprint density at radius 2 is 2.00 bits per heavy atom. The van der Waals surface area contributed by atoms with Crippen LogP contribution >= 0.6 is 0 Å². The largest absolute Gasteiger partial charge is 0.0625 e. The van der Waals surface area contributed by atoms with Gasteiger partial charge in [-0.3, -0.25) is 0 Å². The molecule has 0 heteroatoms. The van der Waals surface area contributed by atoms with Gasteiger partial charge in [0.2, 0.25) is 0 Å². The molecule has 0 aliphatic carbocycles. The smallest absolute Gasteiger partial charge is 0.0414 e. The minimum Gasteiger partial charge on any atom is -0.0625 e. The van der Waals surface area contributed by atoms with Crippen LogP contribution in [0.1, 0.15) is 33.6 Å². The third kappa shape index (κ3) is 5.88. The molecule has 54 valence electrons. The van der Waals surface area contributed by atoms with Crippen molar-refractivity contribution < 1.29 is 0 Å². The molecule has 0 aliphatic rings. The minimum absolute atomic E-state index is 0.611. The van der Waals surface area contributed by atoms with Crippen molar-refractivity contribution in [2.24, 2.45) is 11.8 Å². The Bertz CT molecular complexity index is 55.1. The zero-order valence-corrected chi connectivity index (χ0v) is 6.85. The molecular weight excluding hydrogens is 108 g/mol. The van der Waals surface area contributed by atoms with Gasteiger partial charge in [0, 0.05) is 0 Å². The van der Waals surface area contributed by atoms with Gasteiger partial charge >= 0.3 is 0 Å². The number of hydrogen-bond acceptors (Lipinski definition) is 0. The summed E-state index contributed by atoms with van der Waals surface area (Å²) in [5.41, 5.74) is 0. The number of hydrogen-bond donors (Lipinski definition) is 0. The summed E-state index contributed by atoms with van der Waals surface area (Å²) >= 11 is 0. The van der Waals surface area contributed by atoms with E-state index in [-0.39, 0.29) is 0 Å². The molecule has 0 aliphatic heterocycles. The highest BCUT2D eigenvalue weighted by Crippen LogP contribution is 2.14. The van der Waals surface area contributed by atoms with Crippen LogP contribution in [0.3, 0.4) is 0 Å². The first-order valence-electron chi connectivity index (χ1n) is 3.77. The van der Waals surface area contributed by atoms with E-state index in [1.54, 1.807) is 0 Å². The lowest BCUT2D eigenvalue weighted by molar-refractivity contribution is 0.459. The van der Waals surface area contributed by atoms with Gasteiger partial charge in [0.15, 0.2) is 0 Å². The highest BCUT2D eigenvalue weighted by atomic mass is 14.1.